The monoisotopic (exact) mass is 342 g/mol. The number of ether oxygens (including phenoxy) is 2. The van der Waals surface area contributed by atoms with Crippen LogP contribution in [0.3, 0.4) is 0 Å². The molecule has 0 spiro atoms. The van der Waals surface area contributed by atoms with Crippen LogP contribution in [0, 0.1) is 0 Å². The number of hydrogen-bond acceptors (Lipinski definition) is 4. The van der Waals surface area contributed by atoms with Gasteiger partial charge >= 0.3 is 6.03 Å². The molecule has 2 atom stereocenters. The van der Waals surface area contributed by atoms with Gasteiger partial charge in [-0.1, -0.05) is 42.5 Å². The van der Waals surface area contributed by atoms with E-state index < -0.39 is 6.04 Å². The Hall–Kier alpha value is -2.73. The first-order valence-electron chi connectivity index (χ1n) is 8.22. The summed E-state index contributed by atoms with van der Waals surface area (Å²) in [6, 6.07) is 14.2. The summed E-state index contributed by atoms with van der Waals surface area (Å²) in [5, 5.41) is 15.2. The molecule has 1 aliphatic heterocycles. The van der Waals surface area contributed by atoms with Gasteiger partial charge < -0.3 is 25.2 Å². The third kappa shape index (κ3) is 4.03. The van der Waals surface area contributed by atoms with E-state index in [-0.39, 0.29) is 18.7 Å². The summed E-state index contributed by atoms with van der Waals surface area (Å²) < 4.78 is 11.1. The summed E-state index contributed by atoms with van der Waals surface area (Å²) in [4.78, 5) is 12.3. The van der Waals surface area contributed by atoms with Crippen LogP contribution in [-0.2, 0) is 6.42 Å². The lowest BCUT2D eigenvalue weighted by molar-refractivity contribution is 0.198. The van der Waals surface area contributed by atoms with Gasteiger partial charge in [0.05, 0.1) is 25.8 Å². The Morgan fingerprint density at radius 2 is 2.08 bits per heavy atom. The zero-order valence-corrected chi connectivity index (χ0v) is 14.1. The molecule has 0 bridgehead atoms. The summed E-state index contributed by atoms with van der Waals surface area (Å²) >= 11 is 0. The molecule has 1 heterocycles. The number of rotatable bonds is 5. The summed E-state index contributed by atoms with van der Waals surface area (Å²) in [5.41, 5.74) is 1.85. The van der Waals surface area contributed by atoms with E-state index in [1.807, 2.05) is 48.5 Å². The Bertz CT molecular complexity index is 721. The number of fused-ring (bicyclic) bond motifs is 1. The van der Waals surface area contributed by atoms with Gasteiger partial charge in [0, 0.05) is 5.56 Å². The SMILES string of the molecule is COc1cccc2c1OCC(NC(=O)NC(CO)c1ccccc1)C2. The number of aliphatic hydroxyl groups is 1. The minimum atomic E-state index is -0.446. The molecule has 0 aromatic heterocycles. The minimum Gasteiger partial charge on any atom is -0.493 e. The van der Waals surface area contributed by atoms with Crippen LogP contribution in [-0.4, -0.2) is 37.5 Å². The number of para-hydroxylation sites is 1. The second kappa shape index (κ2) is 7.90. The first-order valence-corrected chi connectivity index (χ1v) is 8.22. The van der Waals surface area contributed by atoms with Gasteiger partial charge in [-0.25, -0.2) is 4.79 Å². The fraction of sp³-hybridized carbons (Fsp3) is 0.316. The largest absolute Gasteiger partial charge is 0.493 e. The smallest absolute Gasteiger partial charge is 0.315 e. The van der Waals surface area contributed by atoms with Gasteiger partial charge in [0.25, 0.3) is 0 Å². The Morgan fingerprint density at radius 1 is 1.28 bits per heavy atom. The molecule has 3 N–H and O–H groups in total. The summed E-state index contributed by atoms with van der Waals surface area (Å²) in [5.74, 6) is 1.44. The second-order valence-electron chi connectivity index (χ2n) is 5.92. The Labute approximate surface area is 146 Å². The van der Waals surface area contributed by atoms with Gasteiger partial charge in [-0.3, -0.25) is 0 Å². The number of amides is 2. The topological polar surface area (TPSA) is 79.8 Å². The number of carbonyl (C=O) groups is 1. The van der Waals surface area contributed by atoms with Gasteiger partial charge in [0.1, 0.15) is 6.61 Å². The van der Waals surface area contributed by atoms with Crippen LogP contribution >= 0.6 is 0 Å². The van der Waals surface area contributed by atoms with Crippen molar-refractivity contribution < 1.29 is 19.4 Å². The van der Waals surface area contributed by atoms with Gasteiger partial charge in [0.15, 0.2) is 11.5 Å². The van der Waals surface area contributed by atoms with Crippen molar-refractivity contribution in [3.63, 3.8) is 0 Å². The van der Waals surface area contributed by atoms with Gasteiger partial charge in [-0.05, 0) is 18.1 Å². The van der Waals surface area contributed by atoms with E-state index in [1.54, 1.807) is 7.11 Å². The van der Waals surface area contributed by atoms with Crippen molar-refractivity contribution in [1.82, 2.24) is 10.6 Å². The highest BCUT2D eigenvalue weighted by atomic mass is 16.5. The molecule has 25 heavy (non-hydrogen) atoms. The van der Waals surface area contributed by atoms with Gasteiger partial charge in [-0.2, -0.15) is 0 Å². The molecule has 2 aromatic carbocycles. The third-order valence-corrected chi connectivity index (χ3v) is 4.20. The minimum absolute atomic E-state index is 0.144. The molecule has 3 rings (SSSR count). The van der Waals surface area contributed by atoms with Crippen LogP contribution < -0.4 is 20.1 Å². The zero-order chi connectivity index (χ0) is 17.6. The van der Waals surface area contributed by atoms with Gasteiger partial charge in [-0.15, -0.1) is 0 Å². The highest BCUT2D eigenvalue weighted by Gasteiger charge is 2.24. The number of nitrogens with one attached hydrogen (secondary N) is 2. The summed E-state index contributed by atoms with van der Waals surface area (Å²) in [7, 11) is 1.61. The number of methoxy groups -OCH3 is 1. The fourth-order valence-electron chi connectivity index (χ4n) is 2.95. The number of aliphatic hydroxyl groups excluding tert-OH is 1. The standard InChI is InChI=1S/C19H22N2O4/c1-24-17-9-5-8-14-10-15(12-25-18(14)17)20-19(23)21-16(11-22)13-6-3-2-4-7-13/h2-9,15-16,22H,10-12H2,1H3,(H2,20,21,23). The normalized spacial score (nSPS) is 17.0. The van der Waals surface area contributed by atoms with E-state index in [1.165, 1.54) is 0 Å². The van der Waals surface area contributed by atoms with Crippen molar-refractivity contribution >= 4 is 6.03 Å². The van der Waals surface area contributed by atoms with E-state index in [4.69, 9.17) is 9.47 Å². The maximum atomic E-state index is 12.3. The predicted molar refractivity (Wildman–Crippen MR) is 93.9 cm³/mol. The molecule has 6 nitrogen and oxygen atoms in total. The summed E-state index contributed by atoms with van der Waals surface area (Å²) in [6.07, 6.45) is 0.662. The van der Waals surface area contributed by atoms with Crippen LogP contribution in [0.25, 0.3) is 0 Å². The molecule has 6 heteroatoms. The van der Waals surface area contributed by atoms with E-state index in [0.29, 0.717) is 18.8 Å². The Kier molecular flexibility index (Phi) is 5.40. The van der Waals surface area contributed by atoms with Crippen molar-refractivity contribution in [3.8, 4) is 11.5 Å². The lowest BCUT2D eigenvalue weighted by Crippen LogP contribution is -2.48. The number of carbonyl (C=O) groups excluding carboxylic acids is 1. The van der Waals surface area contributed by atoms with Crippen LogP contribution in [0.5, 0.6) is 11.5 Å². The molecule has 2 amide bonds. The van der Waals surface area contributed by atoms with Crippen LogP contribution in [0.4, 0.5) is 4.79 Å². The zero-order valence-electron chi connectivity index (χ0n) is 14.1. The Morgan fingerprint density at radius 3 is 2.80 bits per heavy atom. The van der Waals surface area contributed by atoms with Crippen LogP contribution in [0.2, 0.25) is 0 Å². The third-order valence-electron chi connectivity index (χ3n) is 4.20. The van der Waals surface area contributed by atoms with Crippen molar-refractivity contribution in [2.24, 2.45) is 0 Å². The van der Waals surface area contributed by atoms with Crippen LogP contribution in [0.15, 0.2) is 48.5 Å². The second-order valence-corrected chi connectivity index (χ2v) is 5.92. The van der Waals surface area contributed by atoms with Crippen molar-refractivity contribution in [1.29, 1.82) is 0 Å². The average molecular weight is 342 g/mol. The molecule has 0 saturated heterocycles. The molecular weight excluding hydrogens is 320 g/mol. The Balaban J connectivity index is 1.60. The van der Waals surface area contributed by atoms with E-state index in [2.05, 4.69) is 10.6 Å². The number of hydrogen-bond donors (Lipinski definition) is 3. The molecular formula is C19H22N2O4. The highest BCUT2D eigenvalue weighted by Crippen LogP contribution is 2.34. The first kappa shape index (κ1) is 17.1. The first-order chi connectivity index (χ1) is 12.2. The predicted octanol–water partition coefficient (Wildman–Crippen LogP) is 2.03. The lowest BCUT2D eigenvalue weighted by Gasteiger charge is -2.28. The molecule has 2 aromatic rings. The number of benzene rings is 2. The van der Waals surface area contributed by atoms with Crippen molar-refractivity contribution in [2.45, 2.75) is 18.5 Å². The molecule has 0 radical (unpaired) electrons. The number of urea groups is 1. The van der Waals surface area contributed by atoms with E-state index >= 15 is 0 Å². The maximum absolute atomic E-state index is 12.3. The van der Waals surface area contributed by atoms with Crippen molar-refractivity contribution in [3.05, 3.63) is 59.7 Å². The average Bonchev–Trinajstić information content (AvgIpc) is 2.66. The van der Waals surface area contributed by atoms with E-state index in [9.17, 15) is 9.90 Å². The lowest BCUT2D eigenvalue weighted by atomic mass is 10.0. The van der Waals surface area contributed by atoms with Crippen molar-refractivity contribution in [2.75, 3.05) is 20.3 Å². The van der Waals surface area contributed by atoms with E-state index in [0.717, 1.165) is 16.9 Å². The molecule has 0 aliphatic carbocycles. The molecule has 1 aliphatic rings. The molecule has 0 saturated carbocycles. The highest BCUT2D eigenvalue weighted by molar-refractivity contribution is 5.75. The van der Waals surface area contributed by atoms with Crippen LogP contribution in [0.1, 0.15) is 17.2 Å². The fourth-order valence-corrected chi connectivity index (χ4v) is 2.95. The quantitative estimate of drug-likeness (QED) is 0.777. The van der Waals surface area contributed by atoms with Gasteiger partial charge in [0.2, 0.25) is 0 Å². The summed E-state index contributed by atoms with van der Waals surface area (Å²) in [6.45, 7) is 0.203. The molecule has 2 unspecified atom stereocenters. The maximum Gasteiger partial charge on any atom is 0.315 e. The molecule has 0 fully saturated rings. The molecule has 132 valence electrons.